The number of halogens is 1. The summed E-state index contributed by atoms with van der Waals surface area (Å²) >= 11 is 5.36. The average molecular weight is 133 g/mol. The molecule has 1 N–H and O–H groups in total. The molecule has 0 heterocycles. The van der Waals surface area contributed by atoms with Crippen LogP contribution in [-0.2, 0) is 0 Å². The Labute approximate surface area is 54.3 Å². The van der Waals surface area contributed by atoms with Crippen LogP contribution in [0.1, 0.15) is 13.3 Å². The Hall–Kier alpha value is -0.430. The fraction of sp³-hybridized carbons (Fsp3) is 0.333. The lowest BCUT2D eigenvalue weighted by molar-refractivity contribution is 0.399. The van der Waals surface area contributed by atoms with E-state index in [0.29, 0.717) is 11.5 Å². The highest BCUT2D eigenvalue weighted by Crippen LogP contribution is 2.08. The summed E-state index contributed by atoms with van der Waals surface area (Å²) in [5.41, 5.74) is 0. The van der Waals surface area contributed by atoms with Gasteiger partial charge >= 0.3 is 0 Å². The molecule has 0 unspecified atom stereocenters. The molecule has 0 aromatic carbocycles. The molecule has 0 amide bonds. The highest BCUT2D eigenvalue weighted by Gasteiger charge is 1.90. The smallest absolute Gasteiger partial charge is 0.0932 e. The zero-order chi connectivity index (χ0) is 6.57. The van der Waals surface area contributed by atoms with Gasteiger partial charge in [-0.15, -0.1) is 0 Å². The van der Waals surface area contributed by atoms with E-state index in [2.05, 4.69) is 6.58 Å². The van der Waals surface area contributed by atoms with Crippen LogP contribution in [0.3, 0.4) is 0 Å². The lowest BCUT2D eigenvalue weighted by atomic mass is 10.3. The Kier molecular flexibility index (Phi) is 3.37. The number of rotatable bonds is 2. The Balaban J connectivity index is 3.56. The molecule has 0 aromatic rings. The summed E-state index contributed by atoms with van der Waals surface area (Å²) in [6.45, 7) is 5.15. The molecular formula is C6H9ClO. The minimum Gasteiger partial charge on any atom is -0.512 e. The minimum atomic E-state index is 0.269. The number of hydrogen-bond acceptors (Lipinski definition) is 1. The molecule has 0 rings (SSSR count). The van der Waals surface area contributed by atoms with Crippen molar-refractivity contribution >= 4 is 11.6 Å². The van der Waals surface area contributed by atoms with Gasteiger partial charge in [0.05, 0.1) is 5.76 Å². The van der Waals surface area contributed by atoms with E-state index in [1.807, 2.05) is 0 Å². The standard InChI is InChI=1S/C6H9ClO/c1-3-6(8)4-5(2)7/h3,8H,2,4H2,1H3. The van der Waals surface area contributed by atoms with Gasteiger partial charge in [0.1, 0.15) is 0 Å². The first-order valence-electron chi connectivity index (χ1n) is 2.34. The third kappa shape index (κ3) is 3.75. The van der Waals surface area contributed by atoms with Gasteiger partial charge in [-0.1, -0.05) is 18.2 Å². The molecule has 8 heavy (non-hydrogen) atoms. The second-order valence-electron chi connectivity index (χ2n) is 1.47. The monoisotopic (exact) mass is 132 g/mol. The van der Waals surface area contributed by atoms with Gasteiger partial charge < -0.3 is 5.11 Å². The van der Waals surface area contributed by atoms with Crippen molar-refractivity contribution in [3.63, 3.8) is 0 Å². The molecule has 0 aliphatic carbocycles. The first-order chi connectivity index (χ1) is 3.66. The Morgan fingerprint density at radius 1 is 1.88 bits per heavy atom. The fourth-order valence-corrected chi connectivity index (χ4v) is 0.436. The van der Waals surface area contributed by atoms with Crippen molar-refractivity contribution < 1.29 is 5.11 Å². The number of hydrogen-bond donors (Lipinski definition) is 1. The highest BCUT2D eigenvalue weighted by molar-refractivity contribution is 6.29. The second kappa shape index (κ2) is 3.56. The zero-order valence-corrected chi connectivity index (χ0v) is 5.57. The van der Waals surface area contributed by atoms with E-state index in [1.54, 1.807) is 13.0 Å². The maximum absolute atomic E-state index is 8.74. The van der Waals surface area contributed by atoms with Crippen molar-refractivity contribution in [1.82, 2.24) is 0 Å². The summed E-state index contributed by atoms with van der Waals surface area (Å²) in [7, 11) is 0. The first-order valence-corrected chi connectivity index (χ1v) is 2.72. The van der Waals surface area contributed by atoms with E-state index in [4.69, 9.17) is 16.7 Å². The Morgan fingerprint density at radius 3 is 2.50 bits per heavy atom. The van der Waals surface area contributed by atoms with Gasteiger partial charge in [0.25, 0.3) is 0 Å². The molecule has 0 radical (unpaired) electrons. The van der Waals surface area contributed by atoms with Crippen molar-refractivity contribution in [1.29, 1.82) is 0 Å². The van der Waals surface area contributed by atoms with E-state index < -0.39 is 0 Å². The topological polar surface area (TPSA) is 20.2 Å². The summed E-state index contributed by atoms with van der Waals surface area (Å²) in [6.07, 6.45) is 1.96. The number of aliphatic hydroxyl groups excluding tert-OH is 1. The number of aliphatic hydroxyl groups is 1. The van der Waals surface area contributed by atoms with E-state index in [-0.39, 0.29) is 5.76 Å². The van der Waals surface area contributed by atoms with E-state index in [1.165, 1.54) is 0 Å². The maximum Gasteiger partial charge on any atom is 0.0932 e. The van der Waals surface area contributed by atoms with Crippen molar-refractivity contribution in [2.75, 3.05) is 0 Å². The zero-order valence-electron chi connectivity index (χ0n) is 4.82. The molecule has 0 fully saturated rings. The molecule has 1 nitrogen and oxygen atoms in total. The van der Waals surface area contributed by atoms with E-state index >= 15 is 0 Å². The van der Waals surface area contributed by atoms with Crippen LogP contribution in [-0.4, -0.2) is 5.11 Å². The summed E-state index contributed by atoms with van der Waals surface area (Å²) in [5.74, 6) is 0.269. The van der Waals surface area contributed by atoms with Crippen LogP contribution in [0.4, 0.5) is 0 Å². The summed E-state index contributed by atoms with van der Waals surface area (Å²) in [6, 6.07) is 0. The molecule has 2 heteroatoms. The maximum atomic E-state index is 8.74. The summed E-state index contributed by atoms with van der Waals surface area (Å²) in [4.78, 5) is 0. The lowest BCUT2D eigenvalue weighted by Gasteiger charge is -1.92. The van der Waals surface area contributed by atoms with E-state index in [9.17, 15) is 0 Å². The molecule has 0 aliphatic rings. The summed E-state index contributed by atoms with van der Waals surface area (Å²) in [5, 5.41) is 9.20. The van der Waals surface area contributed by atoms with Gasteiger partial charge in [-0.25, -0.2) is 0 Å². The van der Waals surface area contributed by atoms with Gasteiger partial charge in [-0.3, -0.25) is 0 Å². The van der Waals surface area contributed by atoms with Crippen LogP contribution >= 0.6 is 11.6 Å². The van der Waals surface area contributed by atoms with Gasteiger partial charge in [0, 0.05) is 11.5 Å². The molecule has 46 valence electrons. The third-order valence-corrected chi connectivity index (χ3v) is 0.840. The van der Waals surface area contributed by atoms with Crippen LogP contribution in [0.25, 0.3) is 0 Å². The number of allylic oxidation sites excluding steroid dienone is 2. The normalized spacial score (nSPS) is 11.5. The second-order valence-corrected chi connectivity index (χ2v) is 2.01. The highest BCUT2D eigenvalue weighted by atomic mass is 35.5. The van der Waals surface area contributed by atoms with E-state index in [0.717, 1.165) is 0 Å². The Bertz CT molecular complexity index is 116. The largest absolute Gasteiger partial charge is 0.512 e. The molecule has 0 saturated carbocycles. The fourth-order valence-electron chi connectivity index (χ4n) is 0.299. The summed E-state index contributed by atoms with van der Waals surface area (Å²) < 4.78 is 0. The van der Waals surface area contributed by atoms with Crippen LogP contribution in [0, 0.1) is 0 Å². The van der Waals surface area contributed by atoms with Crippen molar-refractivity contribution in [2.45, 2.75) is 13.3 Å². The average Bonchev–Trinajstić information content (AvgIpc) is 1.65. The van der Waals surface area contributed by atoms with Crippen molar-refractivity contribution in [3.05, 3.63) is 23.4 Å². The van der Waals surface area contributed by atoms with Gasteiger partial charge in [0.15, 0.2) is 0 Å². The lowest BCUT2D eigenvalue weighted by Crippen LogP contribution is -1.77. The van der Waals surface area contributed by atoms with Gasteiger partial charge in [-0.2, -0.15) is 0 Å². The van der Waals surface area contributed by atoms with Crippen LogP contribution < -0.4 is 0 Å². The first kappa shape index (κ1) is 7.57. The van der Waals surface area contributed by atoms with Gasteiger partial charge in [-0.05, 0) is 13.0 Å². The molecule has 0 spiro atoms. The Morgan fingerprint density at radius 2 is 2.38 bits per heavy atom. The van der Waals surface area contributed by atoms with Crippen LogP contribution in [0.15, 0.2) is 23.4 Å². The van der Waals surface area contributed by atoms with Crippen LogP contribution in [0.5, 0.6) is 0 Å². The molecule has 0 atom stereocenters. The SMILES string of the molecule is C=C(Cl)CC(O)=CC. The molecule has 0 bridgehead atoms. The quantitative estimate of drug-likeness (QED) is 0.573. The molecule has 0 aliphatic heterocycles. The third-order valence-electron chi connectivity index (χ3n) is 0.706. The predicted octanol–water partition coefficient (Wildman–Crippen LogP) is 2.59. The minimum absolute atomic E-state index is 0.269. The van der Waals surface area contributed by atoms with Crippen molar-refractivity contribution in [3.8, 4) is 0 Å². The van der Waals surface area contributed by atoms with Crippen molar-refractivity contribution in [2.24, 2.45) is 0 Å². The van der Waals surface area contributed by atoms with Crippen LogP contribution in [0.2, 0.25) is 0 Å². The predicted molar refractivity (Wildman–Crippen MR) is 36.0 cm³/mol. The molecule has 0 aromatic heterocycles. The van der Waals surface area contributed by atoms with Gasteiger partial charge in [0.2, 0.25) is 0 Å². The molecular weight excluding hydrogens is 124 g/mol. The molecule has 0 saturated heterocycles.